The summed E-state index contributed by atoms with van der Waals surface area (Å²) in [6.07, 6.45) is 1.81. The summed E-state index contributed by atoms with van der Waals surface area (Å²) in [5, 5.41) is 6.40. The number of hydrogen-bond donors (Lipinski definition) is 1. The molecule has 0 atom stereocenters. The Hall–Kier alpha value is -1.80. The smallest absolute Gasteiger partial charge is 0.227 e. The fourth-order valence-corrected chi connectivity index (χ4v) is 4.68. The maximum Gasteiger partial charge on any atom is 0.227 e. The van der Waals surface area contributed by atoms with Gasteiger partial charge in [0.15, 0.2) is 0 Å². The summed E-state index contributed by atoms with van der Waals surface area (Å²) in [4.78, 5) is 22.1. The number of ether oxygens (including phenoxy) is 1. The number of thiazole rings is 1. The van der Waals surface area contributed by atoms with E-state index < -0.39 is 0 Å². The first kappa shape index (κ1) is 20.5. The van der Waals surface area contributed by atoms with Gasteiger partial charge >= 0.3 is 0 Å². The number of morpholine rings is 1. The third-order valence-corrected chi connectivity index (χ3v) is 6.54. The van der Waals surface area contributed by atoms with Gasteiger partial charge in [-0.15, -0.1) is 11.3 Å². The molecule has 1 amide bonds. The Balaban J connectivity index is 1.25. The van der Waals surface area contributed by atoms with Crippen LogP contribution in [0.4, 0.5) is 5.69 Å². The van der Waals surface area contributed by atoms with Crippen molar-refractivity contribution in [1.82, 2.24) is 14.8 Å². The Morgan fingerprint density at radius 3 is 2.66 bits per heavy atom. The Labute approximate surface area is 176 Å². The Bertz CT molecular complexity index is 811. The van der Waals surface area contributed by atoms with Gasteiger partial charge in [0.2, 0.25) is 5.91 Å². The summed E-state index contributed by atoms with van der Waals surface area (Å²) in [6.45, 7) is 9.28. The minimum atomic E-state index is 0.0892. The van der Waals surface area contributed by atoms with E-state index >= 15 is 0 Å². The van der Waals surface area contributed by atoms with Gasteiger partial charge in [-0.2, -0.15) is 0 Å². The molecule has 2 fully saturated rings. The van der Waals surface area contributed by atoms with Crippen molar-refractivity contribution in [1.29, 1.82) is 0 Å². The van der Waals surface area contributed by atoms with Gasteiger partial charge in [-0.1, -0.05) is 12.1 Å². The molecule has 1 N–H and O–H groups in total. The molecule has 2 aromatic rings. The highest BCUT2D eigenvalue weighted by atomic mass is 32.1. The molecule has 7 heteroatoms. The lowest BCUT2D eigenvalue weighted by molar-refractivity contribution is -0.121. The van der Waals surface area contributed by atoms with E-state index in [9.17, 15) is 4.79 Å². The molecule has 1 aromatic heterocycles. The molecule has 0 aliphatic carbocycles. The van der Waals surface area contributed by atoms with Crippen LogP contribution >= 0.6 is 11.3 Å². The zero-order valence-electron chi connectivity index (χ0n) is 17.1. The van der Waals surface area contributed by atoms with Crippen LogP contribution in [0.5, 0.6) is 0 Å². The van der Waals surface area contributed by atoms with Crippen molar-refractivity contribution < 1.29 is 9.53 Å². The average Bonchev–Trinajstić information content (AvgIpc) is 3.14. The van der Waals surface area contributed by atoms with Gasteiger partial charge in [0, 0.05) is 43.2 Å². The van der Waals surface area contributed by atoms with Crippen molar-refractivity contribution in [2.75, 3.05) is 44.7 Å². The molecule has 0 bridgehead atoms. The number of carbonyl (C=O) groups is 1. The molecule has 1 aromatic carbocycles. The van der Waals surface area contributed by atoms with Crippen LogP contribution in [0.25, 0.3) is 0 Å². The molecule has 2 saturated heterocycles. The molecular weight excluding hydrogens is 384 g/mol. The highest BCUT2D eigenvalue weighted by molar-refractivity contribution is 7.09. The minimum absolute atomic E-state index is 0.0892. The largest absolute Gasteiger partial charge is 0.379 e. The molecule has 6 nitrogen and oxygen atoms in total. The topological polar surface area (TPSA) is 57.7 Å². The lowest BCUT2D eigenvalue weighted by Crippen LogP contribution is -2.37. The van der Waals surface area contributed by atoms with Crippen molar-refractivity contribution in [3.05, 3.63) is 45.9 Å². The van der Waals surface area contributed by atoms with Crippen LogP contribution in [0.1, 0.15) is 29.1 Å². The van der Waals surface area contributed by atoms with Crippen molar-refractivity contribution in [3.8, 4) is 0 Å². The number of amides is 1. The van der Waals surface area contributed by atoms with Crippen molar-refractivity contribution in [3.63, 3.8) is 0 Å². The summed E-state index contributed by atoms with van der Waals surface area (Å²) < 4.78 is 5.42. The lowest BCUT2D eigenvalue weighted by Gasteiger charge is -2.30. The van der Waals surface area contributed by atoms with Gasteiger partial charge in [-0.25, -0.2) is 4.98 Å². The number of piperidine rings is 1. The fourth-order valence-electron chi connectivity index (χ4n) is 4.07. The molecule has 0 radical (unpaired) electrons. The molecule has 4 rings (SSSR count). The van der Waals surface area contributed by atoms with Crippen LogP contribution in [0.3, 0.4) is 0 Å². The summed E-state index contributed by atoms with van der Waals surface area (Å²) >= 11 is 1.70. The van der Waals surface area contributed by atoms with Crippen LogP contribution < -0.4 is 5.32 Å². The first-order chi connectivity index (χ1) is 14.2. The molecule has 3 heterocycles. The first-order valence-corrected chi connectivity index (χ1v) is 11.4. The minimum Gasteiger partial charge on any atom is -0.379 e. The quantitative estimate of drug-likeness (QED) is 0.787. The fraction of sp³-hybridized carbons (Fsp3) is 0.545. The van der Waals surface area contributed by atoms with Crippen molar-refractivity contribution in [2.24, 2.45) is 5.92 Å². The van der Waals surface area contributed by atoms with Crippen molar-refractivity contribution >= 4 is 22.9 Å². The summed E-state index contributed by atoms with van der Waals surface area (Å²) in [5.74, 6) is 0.240. The van der Waals surface area contributed by atoms with Gasteiger partial charge < -0.3 is 10.1 Å². The Kier molecular flexibility index (Phi) is 6.92. The number of nitrogens with zero attached hydrogens (tertiary/aromatic N) is 3. The highest BCUT2D eigenvalue weighted by Crippen LogP contribution is 2.22. The third-order valence-electron chi connectivity index (χ3n) is 5.71. The monoisotopic (exact) mass is 414 g/mol. The molecule has 0 unspecified atom stereocenters. The van der Waals surface area contributed by atoms with E-state index in [2.05, 4.69) is 37.6 Å². The molecular formula is C22H30N4O2S. The van der Waals surface area contributed by atoms with Crippen LogP contribution in [0, 0.1) is 12.8 Å². The van der Waals surface area contributed by atoms with E-state index in [-0.39, 0.29) is 11.8 Å². The second-order valence-electron chi connectivity index (χ2n) is 7.99. The Morgan fingerprint density at radius 2 is 1.93 bits per heavy atom. The normalized spacial score (nSPS) is 19.3. The van der Waals surface area contributed by atoms with E-state index in [1.165, 1.54) is 5.56 Å². The van der Waals surface area contributed by atoms with E-state index in [1.807, 2.05) is 19.1 Å². The third kappa shape index (κ3) is 5.85. The van der Waals surface area contributed by atoms with E-state index in [4.69, 9.17) is 4.74 Å². The molecule has 0 saturated carbocycles. The van der Waals surface area contributed by atoms with E-state index in [1.54, 1.807) is 11.3 Å². The van der Waals surface area contributed by atoms with E-state index in [0.717, 1.165) is 81.7 Å². The summed E-state index contributed by atoms with van der Waals surface area (Å²) in [7, 11) is 0. The number of anilines is 1. The number of aromatic nitrogens is 1. The van der Waals surface area contributed by atoms with Crippen LogP contribution in [0.15, 0.2) is 29.6 Å². The number of benzene rings is 1. The zero-order valence-corrected chi connectivity index (χ0v) is 17.9. The highest BCUT2D eigenvalue weighted by Gasteiger charge is 2.25. The molecule has 2 aliphatic heterocycles. The maximum atomic E-state index is 12.8. The van der Waals surface area contributed by atoms with Gasteiger partial charge in [0.1, 0.15) is 0 Å². The van der Waals surface area contributed by atoms with Crippen LogP contribution in [-0.4, -0.2) is 60.1 Å². The Morgan fingerprint density at radius 1 is 1.17 bits per heavy atom. The number of aryl methyl sites for hydroxylation is 1. The van der Waals surface area contributed by atoms with Crippen LogP contribution in [-0.2, 0) is 22.6 Å². The molecule has 29 heavy (non-hydrogen) atoms. The van der Waals surface area contributed by atoms with Gasteiger partial charge in [-0.05, 0) is 50.6 Å². The van der Waals surface area contributed by atoms with Gasteiger partial charge in [0.25, 0.3) is 0 Å². The summed E-state index contributed by atoms with van der Waals surface area (Å²) in [5.41, 5.74) is 3.28. The maximum absolute atomic E-state index is 12.8. The predicted molar refractivity (Wildman–Crippen MR) is 116 cm³/mol. The van der Waals surface area contributed by atoms with Gasteiger partial charge in [0.05, 0.1) is 23.9 Å². The van der Waals surface area contributed by atoms with Crippen molar-refractivity contribution in [2.45, 2.75) is 32.9 Å². The van der Waals surface area contributed by atoms with E-state index in [0.29, 0.717) is 0 Å². The number of hydrogen-bond acceptors (Lipinski definition) is 6. The predicted octanol–water partition coefficient (Wildman–Crippen LogP) is 3.13. The second kappa shape index (κ2) is 9.80. The van der Waals surface area contributed by atoms with Gasteiger partial charge in [-0.3, -0.25) is 14.6 Å². The average molecular weight is 415 g/mol. The molecule has 156 valence electrons. The standard InChI is InChI=1S/C22H30N4O2S/c1-17-23-21(16-29-17)15-25-7-5-19(6-8-25)22(27)24-20-4-2-3-18(13-20)14-26-9-11-28-12-10-26/h2-4,13,16,19H,5-12,14-15H2,1H3,(H,24,27). The molecule has 2 aliphatic rings. The SMILES string of the molecule is Cc1nc(CN2CCC(C(=O)Nc3cccc(CN4CCOCC4)c3)CC2)cs1. The zero-order chi connectivity index (χ0) is 20.1. The first-order valence-electron chi connectivity index (χ1n) is 10.5. The summed E-state index contributed by atoms with van der Waals surface area (Å²) in [6, 6.07) is 8.25. The lowest BCUT2D eigenvalue weighted by atomic mass is 9.95. The number of likely N-dealkylation sites (tertiary alicyclic amines) is 1. The number of nitrogens with one attached hydrogen (secondary N) is 1. The van der Waals surface area contributed by atoms with Crippen LogP contribution in [0.2, 0.25) is 0 Å². The second-order valence-corrected chi connectivity index (χ2v) is 9.05. The number of carbonyl (C=O) groups excluding carboxylic acids is 1. The number of rotatable bonds is 6. The molecule has 0 spiro atoms.